The zero-order valence-electron chi connectivity index (χ0n) is 15.0. The molecule has 26 heavy (non-hydrogen) atoms. The van der Waals surface area contributed by atoms with Crippen LogP contribution in [0.1, 0.15) is 49.0 Å². The van der Waals surface area contributed by atoms with Crippen LogP contribution in [0.25, 0.3) is 0 Å². The van der Waals surface area contributed by atoms with E-state index in [2.05, 4.69) is 10.6 Å². The first-order valence-electron chi connectivity index (χ1n) is 9.37. The van der Waals surface area contributed by atoms with E-state index >= 15 is 0 Å². The second-order valence-corrected chi connectivity index (χ2v) is 8.02. The van der Waals surface area contributed by atoms with Crippen LogP contribution in [-0.2, 0) is 22.6 Å². The monoisotopic (exact) mass is 370 g/mol. The normalized spacial score (nSPS) is 14.8. The Morgan fingerprint density at radius 2 is 1.77 bits per heavy atom. The number of hydrogen-bond donors (Lipinski definition) is 2. The molecule has 2 amide bonds. The average molecular weight is 371 g/mol. The van der Waals surface area contributed by atoms with E-state index in [1.807, 2.05) is 41.8 Å². The Balaban J connectivity index is 1.42. The quantitative estimate of drug-likeness (QED) is 0.753. The Kier molecular flexibility index (Phi) is 6.83. The van der Waals surface area contributed by atoms with Gasteiger partial charge in [-0.05, 0) is 47.9 Å². The Labute approximate surface area is 159 Å². The molecule has 0 saturated heterocycles. The van der Waals surface area contributed by atoms with Gasteiger partial charge in [0, 0.05) is 17.0 Å². The van der Waals surface area contributed by atoms with Crippen LogP contribution in [0.4, 0.5) is 5.69 Å². The highest BCUT2D eigenvalue weighted by Crippen LogP contribution is 2.26. The van der Waals surface area contributed by atoms with Crippen molar-refractivity contribution < 1.29 is 9.59 Å². The molecular weight excluding hydrogens is 344 g/mol. The molecule has 1 aliphatic rings. The minimum Gasteiger partial charge on any atom is -0.351 e. The summed E-state index contributed by atoms with van der Waals surface area (Å²) in [4.78, 5) is 25.3. The van der Waals surface area contributed by atoms with Crippen molar-refractivity contribution in [1.29, 1.82) is 0 Å². The lowest BCUT2D eigenvalue weighted by molar-refractivity contribution is -0.120. The van der Waals surface area contributed by atoms with E-state index < -0.39 is 0 Å². The summed E-state index contributed by atoms with van der Waals surface area (Å²) in [6, 6.07) is 11.5. The molecular formula is C21H26N2O2S. The predicted octanol–water partition coefficient (Wildman–Crippen LogP) is 4.52. The van der Waals surface area contributed by atoms with Gasteiger partial charge >= 0.3 is 0 Å². The highest BCUT2D eigenvalue weighted by atomic mass is 32.1. The second kappa shape index (κ2) is 9.53. The molecule has 3 rings (SSSR count). The lowest BCUT2D eigenvalue weighted by atomic mass is 9.87. The molecule has 0 unspecified atom stereocenters. The predicted molar refractivity (Wildman–Crippen MR) is 106 cm³/mol. The molecule has 1 aromatic carbocycles. The molecule has 0 radical (unpaired) electrons. The number of nitrogens with one attached hydrogen (secondary N) is 2. The van der Waals surface area contributed by atoms with Crippen LogP contribution in [0.15, 0.2) is 41.8 Å². The maximum atomic E-state index is 12.2. The van der Waals surface area contributed by atoms with E-state index in [0.29, 0.717) is 25.3 Å². The minimum atomic E-state index is 0.00693. The van der Waals surface area contributed by atoms with Crippen molar-refractivity contribution in [3.8, 4) is 0 Å². The minimum absolute atomic E-state index is 0.00693. The highest BCUT2D eigenvalue weighted by molar-refractivity contribution is 7.09. The number of rotatable bonds is 7. The number of carbonyl (C=O) groups is 2. The summed E-state index contributed by atoms with van der Waals surface area (Å²) in [5.41, 5.74) is 1.74. The van der Waals surface area contributed by atoms with Gasteiger partial charge in [0.2, 0.25) is 11.8 Å². The summed E-state index contributed by atoms with van der Waals surface area (Å²) >= 11 is 1.64. The topological polar surface area (TPSA) is 58.2 Å². The summed E-state index contributed by atoms with van der Waals surface area (Å²) in [7, 11) is 0. The SMILES string of the molecule is O=C(Cc1ccc(NC(=O)CC2CCCCC2)cc1)NCc1cccs1. The third-order valence-electron chi connectivity index (χ3n) is 4.84. The maximum Gasteiger partial charge on any atom is 0.224 e. The Bertz CT molecular complexity index is 704. The van der Waals surface area contributed by atoms with Crippen LogP contribution in [0.2, 0.25) is 0 Å². The van der Waals surface area contributed by atoms with Crippen LogP contribution in [0.3, 0.4) is 0 Å². The fourth-order valence-corrected chi connectivity index (χ4v) is 4.06. The van der Waals surface area contributed by atoms with Crippen molar-refractivity contribution in [2.24, 2.45) is 5.92 Å². The zero-order chi connectivity index (χ0) is 18.2. The molecule has 4 nitrogen and oxygen atoms in total. The van der Waals surface area contributed by atoms with E-state index in [1.54, 1.807) is 11.3 Å². The van der Waals surface area contributed by atoms with Gasteiger partial charge in [0.25, 0.3) is 0 Å². The third kappa shape index (κ3) is 5.99. The molecule has 2 aromatic rings. The van der Waals surface area contributed by atoms with Gasteiger partial charge in [0.15, 0.2) is 0 Å². The fourth-order valence-electron chi connectivity index (χ4n) is 3.42. The van der Waals surface area contributed by atoms with Crippen molar-refractivity contribution >= 4 is 28.8 Å². The number of benzene rings is 1. The van der Waals surface area contributed by atoms with Crippen LogP contribution in [-0.4, -0.2) is 11.8 Å². The summed E-state index contributed by atoms with van der Waals surface area (Å²) < 4.78 is 0. The lowest BCUT2D eigenvalue weighted by Gasteiger charge is -2.20. The molecule has 0 spiro atoms. The largest absolute Gasteiger partial charge is 0.351 e. The molecule has 0 bridgehead atoms. The molecule has 0 aliphatic heterocycles. The number of amides is 2. The van der Waals surface area contributed by atoms with Crippen LogP contribution in [0.5, 0.6) is 0 Å². The van der Waals surface area contributed by atoms with Crippen LogP contribution < -0.4 is 10.6 Å². The first-order valence-corrected chi connectivity index (χ1v) is 10.2. The molecule has 1 fully saturated rings. The van der Waals surface area contributed by atoms with Crippen molar-refractivity contribution in [1.82, 2.24) is 5.32 Å². The highest BCUT2D eigenvalue weighted by Gasteiger charge is 2.17. The lowest BCUT2D eigenvalue weighted by Crippen LogP contribution is -2.24. The summed E-state index contributed by atoms with van der Waals surface area (Å²) in [6.45, 7) is 0.575. The molecule has 5 heteroatoms. The van der Waals surface area contributed by atoms with Gasteiger partial charge in [-0.15, -0.1) is 11.3 Å². The number of anilines is 1. The van der Waals surface area contributed by atoms with E-state index in [4.69, 9.17) is 0 Å². The van der Waals surface area contributed by atoms with Crippen molar-refractivity contribution in [3.05, 3.63) is 52.2 Å². The smallest absolute Gasteiger partial charge is 0.224 e. The van der Waals surface area contributed by atoms with Gasteiger partial charge in [-0.2, -0.15) is 0 Å². The Morgan fingerprint density at radius 3 is 2.46 bits per heavy atom. The molecule has 1 aromatic heterocycles. The second-order valence-electron chi connectivity index (χ2n) is 6.99. The molecule has 1 saturated carbocycles. The Hall–Kier alpha value is -2.14. The van der Waals surface area contributed by atoms with Gasteiger partial charge in [-0.25, -0.2) is 0 Å². The van der Waals surface area contributed by atoms with Crippen molar-refractivity contribution in [3.63, 3.8) is 0 Å². The van der Waals surface area contributed by atoms with Gasteiger partial charge in [-0.1, -0.05) is 37.5 Å². The van der Waals surface area contributed by atoms with Crippen molar-refractivity contribution in [2.45, 2.75) is 51.5 Å². The maximum absolute atomic E-state index is 12.2. The van der Waals surface area contributed by atoms with Gasteiger partial charge < -0.3 is 10.6 Å². The number of carbonyl (C=O) groups excluding carboxylic acids is 2. The van der Waals surface area contributed by atoms with E-state index in [9.17, 15) is 9.59 Å². The molecule has 1 heterocycles. The first-order chi connectivity index (χ1) is 12.7. The molecule has 2 N–H and O–H groups in total. The number of hydrogen-bond acceptors (Lipinski definition) is 3. The van der Waals surface area contributed by atoms with E-state index in [0.717, 1.165) is 16.1 Å². The summed E-state index contributed by atoms with van der Waals surface area (Å²) in [5, 5.41) is 7.91. The standard InChI is InChI=1S/C21H26N2O2S/c24-20(22-15-19-7-4-12-26-19)13-17-8-10-18(11-9-17)23-21(25)14-16-5-2-1-3-6-16/h4,7-12,16H,1-3,5-6,13-15H2,(H,22,24)(H,23,25). The Morgan fingerprint density at radius 1 is 1.00 bits per heavy atom. The fraction of sp³-hybridized carbons (Fsp3) is 0.429. The summed E-state index contributed by atoms with van der Waals surface area (Å²) in [5.74, 6) is 0.640. The third-order valence-corrected chi connectivity index (χ3v) is 5.72. The van der Waals surface area contributed by atoms with E-state index in [-0.39, 0.29) is 11.8 Å². The zero-order valence-corrected chi connectivity index (χ0v) is 15.8. The van der Waals surface area contributed by atoms with Crippen molar-refractivity contribution in [2.75, 3.05) is 5.32 Å². The average Bonchev–Trinajstić information content (AvgIpc) is 3.16. The number of thiophene rings is 1. The first kappa shape index (κ1) is 18.6. The van der Waals surface area contributed by atoms with Gasteiger partial charge in [0.1, 0.15) is 0 Å². The van der Waals surface area contributed by atoms with Crippen LogP contribution >= 0.6 is 11.3 Å². The van der Waals surface area contributed by atoms with Crippen LogP contribution in [0, 0.1) is 5.92 Å². The summed E-state index contributed by atoms with van der Waals surface area (Å²) in [6.07, 6.45) is 7.12. The molecule has 1 aliphatic carbocycles. The molecule has 0 atom stereocenters. The van der Waals surface area contributed by atoms with Gasteiger partial charge in [-0.3, -0.25) is 9.59 Å². The van der Waals surface area contributed by atoms with Gasteiger partial charge in [0.05, 0.1) is 13.0 Å². The van der Waals surface area contributed by atoms with E-state index in [1.165, 1.54) is 32.1 Å². The molecule has 138 valence electrons.